The van der Waals surface area contributed by atoms with Gasteiger partial charge >= 0.3 is 5.97 Å². The Morgan fingerprint density at radius 3 is 1.62 bits per heavy atom. The number of H-pyrrole nitrogens is 2. The van der Waals surface area contributed by atoms with Gasteiger partial charge in [0.2, 0.25) is 11.1 Å². The molecule has 73 heavy (non-hydrogen) atoms. The molecule has 0 radical (unpaired) electrons. The van der Waals surface area contributed by atoms with E-state index in [1.165, 1.54) is 18.3 Å². The summed E-state index contributed by atoms with van der Waals surface area (Å²) in [5.41, 5.74) is 26.6. The molecule has 0 aliphatic heterocycles. The average Bonchev–Trinajstić information content (AvgIpc) is 3.88. The number of anilines is 2. The van der Waals surface area contributed by atoms with Gasteiger partial charge in [0, 0.05) is 82.9 Å². The Balaban J connectivity index is 0.000000177. The number of nitrogens with one attached hydrogen (secondary N) is 3. The molecule has 10 N–H and O–H groups in total. The van der Waals surface area contributed by atoms with Gasteiger partial charge in [-0.05, 0) is 110 Å². The van der Waals surface area contributed by atoms with Gasteiger partial charge in [0.1, 0.15) is 11.6 Å². The molecule has 8 aromatic heterocycles. The van der Waals surface area contributed by atoms with Gasteiger partial charge < -0.3 is 37.6 Å². The van der Waals surface area contributed by atoms with Crippen LogP contribution in [0.1, 0.15) is 67.1 Å². The number of alkyl halides is 1. The molecule has 10 rings (SSSR count). The Morgan fingerprint density at radius 1 is 0.712 bits per heavy atom. The molecule has 0 fully saturated rings. The SMILES string of the molecule is Cc1cc(N)nc(C)c1CN.Cc1cc(N)nc(C)c1CNC(=O)c1nn(Cc2ccc3ncc(Cl)cc3c2)c2c[nH]c(=O)cc12.O=C(O)c1nn(Cc2ccc3ncc(Cl)cc3c2)c2c[nH]c(=O)cc12.[2H]CF. The lowest BCUT2D eigenvalue weighted by molar-refractivity contribution is 0.0691. The third-order valence-electron chi connectivity index (χ3n) is 11.6. The zero-order valence-electron chi connectivity index (χ0n) is 40.8. The van der Waals surface area contributed by atoms with E-state index in [1.54, 1.807) is 34.0 Å². The number of carboxylic acid groups (broad SMARTS) is 1. The molecule has 22 heteroatoms. The first-order valence-electron chi connectivity index (χ1n) is 22.9. The van der Waals surface area contributed by atoms with Crippen molar-refractivity contribution in [2.45, 2.75) is 53.9 Å². The second-order valence-corrected chi connectivity index (χ2v) is 17.5. The number of benzene rings is 2. The Hall–Kier alpha value is -8.59. The average molecular weight is 1030 g/mol. The molecule has 0 saturated heterocycles. The Bertz CT molecular complexity index is 3820. The van der Waals surface area contributed by atoms with E-state index < -0.39 is 13.1 Å². The second-order valence-electron chi connectivity index (χ2n) is 16.6. The lowest BCUT2D eigenvalue weighted by Crippen LogP contribution is -2.25. The van der Waals surface area contributed by atoms with E-state index in [9.17, 15) is 28.7 Å². The number of fused-ring (bicyclic) bond motifs is 4. The van der Waals surface area contributed by atoms with Gasteiger partial charge in [-0.15, -0.1) is 0 Å². The Kier molecular flexibility index (Phi) is 15.8. The van der Waals surface area contributed by atoms with Crippen LogP contribution < -0.4 is 33.6 Å². The van der Waals surface area contributed by atoms with Crippen molar-refractivity contribution in [3.8, 4) is 0 Å². The summed E-state index contributed by atoms with van der Waals surface area (Å²) in [6.07, 6.45) is 6.23. The minimum absolute atomic E-state index is 0.147. The molecule has 0 aliphatic carbocycles. The summed E-state index contributed by atoms with van der Waals surface area (Å²) >= 11 is 12.1. The van der Waals surface area contributed by atoms with E-state index >= 15 is 0 Å². The van der Waals surface area contributed by atoms with Crippen molar-refractivity contribution in [3.63, 3.8) is 0 Å². The number of rotatable bonds is 9. The minimum Gasteiger partial charge on any atom is -0.476 e. The topological polar surface area (TPSA) is 297 Å². The van der Waals surface area contributed by atoms with Crippen LogP contribution in [0.25, 0.3) is 43.6 Å². The van der Waals surface area contributed by atoms with Crippen molar-refractivity contribution in [3.05, 3.63) is 184 Å². The van der Waals surface area contributed by atoms with Crippen LogP contribution in [0.15, 0.2) is 107 Å². The maximum absolute atomic E-state index is 13.1. The van der Waals surface area contributed by atoms with Gasteiger partial charge in [-0.1, -0.05) is 35.3 Å². The molecule has 0 saturated carbocycles. The lowest BCUT2D eigenvalue weighted by atomic mass is 10.1. The molecule has 0 aliphatic rings. The van der Waals surface area contributed by atoms with Crippen LogP contribution in [0.3, 0.4) is 0 Å². The summed E-state index contributed by atoms with van der Waals surface area (Å²) in [5, 5.41) is 24.6. The van der Waals surface area contributed by atoms with Crippen molar-refractivity contribution < 1.29 is 20.5 Å². The number of aryl methyl sites for hydroxylation is 4. The first kappa shape index (κ1) is 50.8. The summed E-state index contributed by atoms with van der Waals surface area (Å²) in [4.78, 5) is 70.2. The van der Waals surface area contributed by atoms with Crippen LogP contribution in [-0.2, 0) is 26.2 Å². The number of nitrogens with zero attached hydrogens (tertiary/aromatic N) is 8. The second kappa shape index (κ2) is 22.7. The van der Waals surface area contributed by atoms with E-state index in [1.807, 2.05) is 82.3 Å². The van der Waals surface area contributed by atoms with Crippen molar-refractivity contribution in [1.82, 2.24) is 54.8 Å². The number of pyridine rings is 6. The number of hydrogen-bond donors (Lipinski definition) is 7. The van der Waals surface area contributed by atoms with Crippen molar-refractivity contribution >= 4 is 90.3 Å². The first-order chi connectivity index (χ1) is 35.3. The Labute approximate surface area is 426 Å². The first-order valence-corrected chi connectivity index (χ1v) is 22.9. The summed E-state index contributed by atoms with van der Waals surface area (Å²) in [6.45, 7) is 9.21. The highest BCUT2D eigenvalue weighted by molar-refractivity contribution is 6.31. The van der Waals surface area contributed by atoms with Crippen molar-refractivity contribution in [2.24, 2.45) is 5.73 Å². The third-order valence-corrected chi connectivity index (χ3v) is 12.0. The fourth-order valence-corrected chi connectivity index (χ4v) is 8.55. The molecule has 374 valence electrons. The number of aromatic nitrogens is 10. The van der Waals surface area contributed by atoms with E-state index in [2.05, 4.69) is 45.4 Å². The van der Waals surface area contributed by atoms with Crippen molar-refractivity contribution in [2.75, 3.05) is 18.6 Å². The maximum atomic E-state index is 13.1. The molecule has 0 atom stereocenters. The van der Waals surface area contributed by atoms with Crippen LogP contribution in [0.2, 0.25) is 10.0 Å². The number of aromatic amines is 2. The largest absolute Gasteiger partial charge is 0.476 e. The van der Waals surface area contributed by atoms with Crippen LogP contribution in [0.4, 0.5) is 16.0 Å². The number of amides is 1. The van der Waals surface area contributed by atoms with Gasteiger partial charge in [-0.2, -0.15) is 10.2 Å². The number of carbonyl (C=O) groups excluding carboxylic acids is 1. The highest BCUT2D eigenvalue weighted by Crippen LogP contribution is 2.24. The number of halogens is 3. The number of nitrogen functional groups attached to an aromatic ring is 2. The smallest absolute Gasteiger partial charge is 0.357 e. The molecule has 2 aromatic carbocycles. The van der Waals surface area contributed by atoms with Gasteiger partial charge in [0.05, 0.1) is 53.7 Å². The summed E-state index contributed by atoms with van der Waals surface area (Å²) in [7, 11) is -1.00. The lowest BCUT2D eigenvalue weighted by Gasteiger charge is -2.11. The normalized spacial score (nSPS) is 11.0. The number of carbonyl (C=O) groups is 2. The molecule has 0 spiro atoms. The van der Waals surface area contributed by atoms with E-state index in [0.717, 1.165) is 66.6 Å². The number of nitrogens with two attached hydrogens (primary N) is 3. The fraction of sp³-hybridized carbons (Fsp3) is 0.176. The molecule has 0 bridgehead atoms. The van der Waals surface area contributed by atoms with E-state index in [-0.39, 0.29) is 35.0 Å². The predicted octanol–water partition coefficient (Wildman–Crippen LogP) is 7.50. The fourth-order valence-electron chi connectivity index (χ4n) is 8.21. The molecule has 1 amide bonds. The van der Waals surface area contributed by atoms with Gasteiger partial charge in [-0.25, -0.2) is 14.8 Å². The monoisotopic (exact) mass is 1030 g/mol. The van der Waals surface area contributed by atoms with Gasteiger partial charge in [0.15, 0.2) is 11.4 Å². The maximum Gasteiger partial charge on any atom is 0.357 e. The van der Waals surface area contributed by atoms with Crippen molar-refractivity contribution in [1.29, 1.82) is 0 Å². The zero-order valence-corrected chi connectivity index (χ0v) is 41.3. The molecule has 0 unspecified atom stereocenters. The molecule has 10 aromatic rings. The number of aromatic carboxylic acids is 1. The zero-order chi connectivity index (χ0) is 53.4. The van der Waals surface area contributed by atoms with Crippen LogP contribution in [0, 0.1) is 27.7 Å². The van der Waals surface area contributed by atoms with Crippen LogP contribution in [0.5, 0.6) is 0 Å². The highest BCUT2D eigenvalue weighted by atomic mass is 35.5. The molecule has 8 heterocycles. The van der Waals surface area contributed by atoms with Crippen LogP contribution in [-0.4, -0.2) is 73.6 Å². The molecular formula is C51H49Cl2FN14O5. The van der Waals surface area contributed by atoms with Gasteiger partial charge in [0.25, 0.3) is 5.91 Å². The third kappa shape index (κ3) is 12.1. The molecular weight excluding hydrogens is 979 g/mol. The minimum atomic E-state index is -1.18. The number of hydrogen-bond acceptors (Lipinski definition) is 13. The summed E-state index contributed by atoms with van der Waals surface area (Å²) < 4.78 is 18.7. The Morgan fingerprint density at radius 2 is 1.16 bits per heavy atom. The van der Waals surface area contributed by atoms with Gasteiger partial charge in [-0.3, -0.25) is 38.1 Å². The standard InChI is InChI=1S/C25H22ClN7O2.C17H11ClN4O3.C8H13N3.CH3F/c1-13-5-22(27)31-14(2)19(13)10-30-25(35)24-18-8-23(34)29-11-21(18)33(32-24)12-15-3-4-20-16(6-15)7-17(26)9-28-20;18-11-4-10-3-9(1-2-13(10)19-6-11)8-22-14-7-20-15(23)5-12(14)16(21-22)17(24)25;1-5-3-8(10)11-6(2)7(5)4-9;1-2/h3-9,11H,10,12H2,1-2H3,(H2,27,31)(H,29,34)(H,30,35);1-7H,8H2,(H,20,23)(H,24,25);3H,4,9H2,1-2H3,(H2,10,11);1H3/i;;;1D. The summed E-state index contributed by atoms with van der Waals surface area (Å²) in [6, 6.07) is 21.4. The summed E-state index contributed by atoms with van der Waals surface area (Å²) in [5.74, 6) is -0.559. The number of carboxylic acids is 1. The highest BCUT2D eigenvalue weighted by Gasteiger charge is 2.20. The van der Waals surface area contributed by atoms with Crippen LogP contribution >= 0.6 is 23.2 Å². The van der Waals surface area contributed by atoms with E-state index in [0.29, 0.717) is 63.1 Å². The predicted molar refractivity (Wildman–Crippen MR) is 282 cm³/mol. The molecule has 19 nitrogen and oxygen atoms in total. The van der Waals surface area contributed by atoms with E-state index in [4.69, 9.17) is 41.8 Å². The quantitative estimate of drug-likeness (QED) is 0.0737.